The van der Waals surface area contributed by atoms with Crippen molar-refractivity contribution >= 4 is 40.6 Å². The van der Waals surface area contributed by atoms with Crippen LogP contribution < -0.4 is 14.8 Å². The number of benzene rings is 3. The second kappa shape index (κ2) is 14.1. The molecule has 0 unspecified atom stereocenters. The van der Waals surface area contributed by atoms with Gasteiger partial charge in [0.05, 0.1) is 11.1 Å². The van der Waals surface area contributed by atoms with Crippen molar-refractivity contribution in [2.75, 3.05) is 32.8 Å². The number of piperazine rings is 1. The Labute approximate surface area is 269 Å². The van der Waals surface area contributed by atoms with Crippen LogP contribution in [0.5, 0.6) is 11.5 Å². The molecule has 2 bridgehead atoms. The minimum absolute atomic E-state index is 0.0189. The van der Waals surface area contributed by atoms with Crippen LogP contribution in [-0.4, -0.2) is 66.5 Å². The SMILES string of the molecule is CCN(Cc1ccccc1Cl)C(=O)C1=C(c2ccc(OCCOc3cc(C)c(C)cc3Cl)cc2)C[C@@H]2CN(C(C)=O)C[C@H]1N2. The maximum Gasteiger partial charge on any atom is 0.252 e. The van der Waals surface area contributed by atoms with Gasteiger partial charge < -0.3 is 24.6 Å². The molecule has 2 atom stereocenters. The first-order valence-electron chi connectivity index (χ1n) is 15.0. The Morgan fingerprint density at radius 3 is 2.36 bits per heavy atom. The highest BCUT2D eigenvalue weighted by molar-refractivity contribution is 6.32. The van der Waals surface area contributed by atoms with Crippen LogP contribution in [0, 0.1) is 13.8 Å². The lowest BCUT2D eigenvalue weighted by atomic mass is 9.83. The van der Waals surface area contributed by atoms with Crippen LogP contribution in [-0.2, 0) is 16.1 Å². The van der Waals surface area contributed by atoms with Gasteiger partial charge in [0.25, 0.3) is 5.91 Å². The maximum absolute atomic E-state index is 14.3. The number of nitrogens with one attached hydrogen (secondary N) is 1. The van der Waals surface area contributed by atoms with Crippen molar-refractivity contribution in [3.63, 3.8) is 0 Å². The molecule has 0 radical (unpaired) electrons. The minimum atomic E-state index is -0.264. The Bertz CT molecular complexity index is 1560. The number of aryl methyl sites for hydroxylation is 2. The van der Waals surface area contributed by atoms with Crippen molar-refractivity contribution in [3.8, 4) is 11.5 Å². The molecule has 1 N–H and O–H groups in total. The summed E-state index contributed by atoms with van der Waals surface area (Å²) in [4.78, 5) is 30.3. The summed E-state index contributed by atoms with van der Waals surface area (Å²) in [5.74, 6) is 1.33. The number of hydrogen-bond acceptors (Lipinski definition) is 5. The van der Waals surface area contributed by atoms with E-state index in [2.05, 4.69) is 5.32 Å². The average molecular weight is 637 g/mol. The van der Waals surface area contributed by atoms with Crippen LogP contribution in [0.4, 0.5) is 0 Å². The molecular formula is C35H39Cl2N3O4. The zero-order chi connectivity index (χ0) is 31.4. The molecule has 2 aliphatic rings. The molecule has 7 nitrogen and oxygen atoms in total. The topological polar surface area (TPSA) is 71.1 Å². The van der Waals surface area contributed by atoms with Gasteiger partial charge >= 0.3 is 0 Å². The van der Waals surface area contributed by atoms with Crippen molar-refractivity contribution in [3.05, 3.63) is 98.5 Å². The van der Waals surface area contributed by atoms with Crippen LogP contribution >= 0.6 is 23.2 Å². The van der Waals surface area contributed by atoms with E-state index in [-0.39, 0.29) is 23.9 Å². The molecule has 0 aromatic heterocycles. The van der Waals surface area contributed by atoms with Crippen molar-refractivity contribution in [2.45, 2.75) is 52.7 Å². The van der Waals surface area contributed by atoms with Crippen molar-refractivity contribution in [2.24, 2.45) is 0 Å². The Morgan fingerprint density at radius 2 is 1.66 bits per heavy atom. The first-order valence-corrected chi connectivity index (χ1v) is 15.8. The molecule has 3 aromatic rings. The van der Waals surface area contributed by atoms with Crippen LogP contribution in [0.1, 0.15) is 42.5 Å². The summed E-state index contributed by atoms with van der Waals surface area (Å²) in [7, 11) is 0. The van der Waals surface area contributed by atoms with Crippen LogP contribution in [0.15, 0.2) is 66.2 Å². The summed E-state index contributed by atoms with van der Waals surface area (Å²) in [6.45, 7) is 10.3. The van der Waals surface area contributed by atoms with E-state index in [1.54, 1.807) is 6.92 Å². The molecule has 2 aliphatic heterocycles. The quantitative estimate of drug-likeness (QED) is 0.259. The summed E-state index contributed by atoms with van der Waals surface area (Å²) in [5, 5.41) is 4.84. The van der Waals surface area contributed by atoms with Gasteiger partial charge in [0.2, 0.25) is 5.91 Å². The molecular weight excluding hydrogens is 597 g/mol. The molecule has 2 amide bonds. The summed E-state index contributed by atoms with van der Waals surface area (Å²) in [6.07, 6.45) is 0.635. The molecule has 0 aliphatic carbocycles. The fourth-order valence-electron chi connectivity index (χ4n) is 5.88. The number of carbonyl (C=O) groups is 2. The van der Waals surface area contributed by atoms with Gasteiger partial charge in [-0.15, -0.1) is 0 Å². The Hall–Kier alpha value is -3.52. The summed E-state index contributed by atoms with van der Waals surface area (Å²) in [6, 6.07) is 19.1. The minimum Gasteiger partial charge on any atom is -0.490 e. The third-order valence-corrected chi connectivity index (χ3v) is 9.09. The van der Waals surface area contributed by atoms with Gasteiger partial charge in [-0.1, -0.05) is 53.5 Å². The molecule has 44 heavy (non-hydrogen) atoms. The van der Waals surface area contributed by atoms with E-state index < -0.39 is 0 Å². The fourth-order valence-corrected chi connectivity index (χ4v) is 6.35. The van der Waals surface area contributed by atoms with Crippen molar-refractivity contribution < 1.29 is 19.1 Å². The number of ether oxygens (including phenoxy) is 2. The smallest absolute Gasteiger partial charge is 0.252 e. The van der Waals surface area contributed by atoms with Crippen molar-refractivity contribution in [1.82, 2.24) is 15.1 Å². The molecule has 3 aromatic carbocycles. The molecule has 0 saturated carbocycles. The molecule has 0 spiro atoms. The predicted molar refractivity (Wildman–Crippen MR) is 175 cm³/mol. The standard InChI is InChI=1S/C35H39Cl2N3O4/c1-5-39(19-26-8-6-7-9-30(26)36)35(42)34-29(18-27-20-40(24(4)41)21-32(34)38-27)25-10-12-28(13-11-25)43-14-15-44-33-17-23(3)22(2)16-31(33)37/h6-13,16-17,27,32,38H,5,14-15,18-21H2,1-4H3/t27-,32-/m1/s1. The molecule has 5 rings (SSSR count). The average Bonchev–Trinajstić information content (AvgIpc) is 3.01. The van der Waals surface area contributed by atoms with Gasteiger partial charge in [-0.2, -0.15) is 0 Å². The lowest BCUT2D eigenvalue weighted by Crippen LogP contribution is -2.61. The molecule has 2 heterocycles. The first kappa shape index (κ1) is 31.9. The largest absolute Gasteiger partial charge is 0.490 e. The van der Waals surface area contributed by atoms with Gasteiger partial charge in [-0.3, -0.25) is 9.59 Å². The number of likely N-dealkylation sites (N-methyl/N-ethyl adjacent to an activating group) is 1. The lowest BCUT2D eigenvalue weighted by molar-refractivity contribution is -0.132. The maximum atomic E-state index is 14.3. The number of hydrogen-bond donors (Lipinski definition) is 1. The lowest BCUT2D eigenvalue weighted by Gasteiger charge is -2.44. The van der Waals surface area contributed by atoms with E-state index in [0.717, 1.165) is 27.8 Å². The zero-order valence-corrected chi connectivity index (χ0v) is 27.2. The summed E-state index contributed by atoms with van der Waals surface area (Å²) in [5.41, 5.74) is 5.82. The van der Waals surface area contributed by atoms with Crippen molar-refractivity contribution in [1.29, 1.82) is 0 Å². The van der Waals surface area contributed by atoms with Gasteiger partial charge in [-0.25, -0.2) is 0 Å². The highest BCUT2D eigenvalue weighted by Gasteiger charge is 2.40. The zero-order valence-electron chi connectivity index (χ0n) is 25.7. The van der Waals surface area contributed by atoms with E-state index in [0.29, 0.717) is 72.9 Å². The normalized spacial score (nSPS) is 17.8. The molecule has 1 fully saturated rings. The Kier molecular flexibility index (Phi) is 10.2. The molecule has 9 heteroatoms. The number of amides is 2. The van der Waals surface area contributed by atoms with E-state index in [4.69, 9.17) is 32.7 Å². The number of halogens is 2. The van der Waals surface area contributed by atoms with E-state index >= 15 is 0 Å². The van der Waals surface area contributed by atoms with E-state index in [1.165, 1.54) is 0 Å². The van der Waals surface area contributed by atoms with Gasteiger partial charge in [0.1, 0.15) is 24.7 Å². The molecule has 1 saturated heterocycles. The van der Waals surface area contributed by atoms with Crippen LogP contribution in [0.2, 0.25) is 10.0 Å². The third kappa shape index (κ3) is 7.23. The second-order valence-corrected chi connectivity index (χ2v) is 12.2. The summed E-state index contributed by atoms with van der Waals surface area (Å²) < 4.78 is 11.8. The van der Waals surface area contributed by atoms with Gasteiger partial charge in [0.15, 0.2) is 0 Å². The second-order valence-electron chi connectivity index (χ2n) is 11.4. The van der Waals surface area contributed by atoms with Crippen LogP contribution in [0.25, 0.3) is 5.57 Å². The number of rotatable bonds is 10. The number of fused-ring (bicyclic) bond motifs is 2. The summed E-state index contributed by atoms with van der Waals surface area (Å²) >= 11 is 12.8. The van der Waals surface area contributed by atoms with Gasteiger partial charge in [0, 0.05) is 49.7 Å². The highest BCUT2D eigenvalue weighted by Crippen LogP contribution is 2.35. The Morgan fingerprint density at radius 1 is 0.955 bits per heavy atom. The predicted octanol–water partition coefficient (Wildman–Crippen LogP) is 6.46. The third-order valence-electron chi connectivity index (χ3n) is 8.43. The monoisotopic (exact) mass is 635 g/mol. The Balaban J connectivity index is 1.35. The fraction of sp³-hybridized carbons (Fsp3) is 0.371. The van der Waals surface area contributed by atoms with Gasteiger partial charge in [-0.05, 0) is 85.4 Å². The first-order chi connectivity index (χ1) is 21.1. The number of nitrogens with zero attached hydrogens (tertiary/aromatic N) is 2. The molecule has 232 valence electrons. The van der Waals surface area contributed by atoms with E-state index in [1.807, 2.05) is 91.2 Å². The number of carbonyl (C=O) groups excluding carboxylic acids is 2. The van der Waals surface area contributed by atoms with Crippen LogP contribution in [0.3, 0.4) is 0 Å². The van der Waals surface area contributed by atoms with E-state index in [9.17, 15) is 9.59 Å². The highest BCUT2D eigenvalue weighted by atomic mass is 35.5.